The first-order valence-corrected chi connectivity index (χ1v) is 4.23. The normalized spacial score (nSPS) is 40.5. The van der Waals surface area contributed by atoms with Gasteiger partial charge in [-0.3, -0.25) is 0 Å². The number of hydrogen-bond donors (Lipinski definition) is 1. The monoisotopic (exact) mass is 141 g/mol. The van der Waals surface area contributed by atoms with E-state index in [0.717, 1.165) is 19.1 Å². The van der Waals surface area contributed by atoms with Crippen molar-refractivity contribution in [3.05, 3.63) is 0 Å². The van der Waals surface area contributed by atoms with Crippen LogP contribution < -0.4 is 5.73 Å². The Morgan fingerprint density at radius 3 is 2.70 bits per heavy atom. The lowest BCUT2D eigenvalue weighted by Gasteiger charge is -2.14. The van der Waals surface area contributed by atoms with Crippen molar-refractivity contribution < 1.29 is 4.74 Å². The molecule has 2 heteroatoms. The molecule has 58 valence electrons. The van der Waals surface area contributed by atoms with Gasteiger partial charge in [0.05, 0.1) is 6.10 Å². The molecular weight excluding hydrogens is 126 g/mol. The summed E-state index contributed by atoms with van der Waals surface area (Å²) in [6.45, 7) is 1.77. The minimum absolute atomic E-state index is 0.532. The standard InChI is InChI=1S/C8H15NO/c9-5-7-3-4-10-8(7)6-1-2-6/h6-8H,1-5,9H2. The van der Waals surface area contributed by atoms with Crippen LogP contribution in [0.5, 0.6) is 0 Å². The van der Waals surface area contributed by atoms with Crippen molar-refractivity contribution >= 4 is 0 Å². The van der Waals surface area contributed by atoms with Gasteiger partial charge in [0.1, 0.15) is 0 Å². The van der Waals surface area contributed by atoms with Gasteiger partial charge >= 0.3 is 0 Å². The maximum absolute atomic E-state index is 5.61. The van der Waals surface area contributed by atoms with Crippen LogP contribution in [0.1, 0.15) is 19.3 Å². The summed E-state index contributed by atoms with van der Waals surface area (Å²) in [5, 5.41) is 0. The largest absolute Gasteiger partial charge is 0.378 e. The summed E-state index contributed by atoms with van der Waals surface area (Å²) in [6.07, 6.45) is 4.48. The molecule has 1 aliphatic heterocycles. The lowest BCUT2D eigenvalue weighted by Crippen LogP contribution is -2.25. The zero-order valence-corrected chi connectivity index (χ0v) is 6.25. The van der Waals surface area contributed by atoms with E-state index in [9.17, 15) is 0 Å². The van der Waals surface area contributed by atoms with Gasteiger partial charge in [0.15, 0.2) is 0 Å². The summed E-state index contributed by atoms with van der Waals surface area (Å²) in [6, 6.07) is 0. The Labute approximate surface area is 61.7 Å². The van der Waals surface area contributed by atoms with E-state index in [2.05, 4.69) is 0 Å². The SMILES string of the molecule is NCC1CCOC1C1CC1. The zero-order chi connectivity index (χ0) is 6.97. The summed E-state index contributed by atoms with van der Waals surface area (Å²) < 4.78 is 5.60. The van der Waals surface area contributed by atoms with Gasteiger partial charge in [-0.25, -0.2) is 0 Å². The Bertz CT molecular complexity index is 122. The lowest BCUT2D eigenvalue weighted by atomic mass is 9.98. The Morgan fingerprint density at radius 2 is 2.10 bits per heavy atom. The van der Waals surface area contributed by atoms with Crippen LogP contribution >= 0.6 is 0 Å². The van der Waals surface area contributed by atoms with E-state index < -0.39 is 0 Å². The van der Waals surface area contributed by atoms with Gasteiger partial charge in [0, 0.05) is 6.61 Å². The highest BCUT2D eigenvalue weighted by atomic mass is 16.5. The fraction of sp³-hybridized carbons (Fsp3) is 1.00. The molecule has 2 atom stereocenters. The molecule has 1 aliphatic carbocycles. The second kappa shape index (κ2) is 2.51. The third kappa shape index (κ3) is 1.06. The highest BCUT2D eigenvalue weighted by Gasteiger charge is 2.39. The molecule has 0 aromatic heterocycles. The van der Waals surface area contributed by atoms with Crippen molar-refractivity contribution in [3.8, 4) is 0 Å². The second-order valence-electron chi connectivity index (χ2n) is 3.46. The topological polar surface area (TPSA) is 35.2 Å². The number of hydrogen-bond acceptors (Lipinski definition) is 2. The molecule has 0 radical (unpaired) electrons. The van der Waals surface area contributed by atoms with Crippen LogP contribution in [0.15, 0.2) is 0 Å². The molecule has 0 amide bonds. The average Bonchev–Trinajstić information content (AvgIpc) is 2.69. The molecule has 0 bridgehead atoms. The predicted octanol–water partition coefficient (Wildman–Crippen LogP) is 0.760. The molecule has 0 aromatic rings. The summed E-state index contributed by atoms with van der Waals surface area (Å²) in [7, 11) is 0. The number of rotatable bonds is 2. The molecule has 2 N–H and O–H groups in total. The minimum atomic E-state index is 0.532. The van der Waals surface area contributed by atoms with Crippen LogP contribution in [-0.4, -0.2) is 19.3 Å². The first kappa shape index (κ1) is 6.62. The Kier molecular flexibility index (Phi) is 1.66. The van der Waals surface area contributed by atoms with E-state index in [-0.39, 0.29) is 0 Å². The molecule has 2 rings (SSSR count). The molecule has 1 heterocycles. The smallest absolute Gasteiger partial charge is 0.0644 e. The van der Waals surface area contributed by atoms with Crippen LogP contribution in [0.2, 0.25) is 0 Å². The number of ether oxygens (including phenoxy) is 1. The Hall–Kier alpha value is -0.0800. The average molecular weight is 141 g/mol. The molecule has 2 aliphatic rings. The van der Waals surface area contributed by atoms with E-state index >= 15 is 0 Å². The van der Waals surface area contributed by atoms with Gasteiger partial charge in [-0.15, -0.1) is 0 Å². The van der Waals surface area contributed by atoms with Gasteiger partial charge in [0.2, 0.25) is 0 Å². The molecule has 2 nitrogen and oxygen atoms in total. The van der Waals surface area contributed by atoms with Gasteiger partial charge in [-0.05, 0) is 37.6 Å². The summed E-state index contributed by atoms with van der Waals surface area (Å²) in [5.41, 5.74) is 5.61. The minimum Gasteiger partial charge on any atom is -0.378 e. The highest BCUT2D eigenvalue weighted by Crippen LogP contribution is 2.40. The highest BCUT2D eigenvalue weighted by molar-refractivity contribution is 4.89. The first-order chi connectivity index (χ1) is 4.92. The quantitative estimate of drug-likeness (QED) is 0.616. The lowest BCUT2D eigenvalue weighted by molar-refractivity contribution is 0.0746. The number of nitrogens with two attached hydrogens (primary N) is 1. The zero-order valence-electron chi connectivity index (χ0n) is 6.25. The summed E-state index contributed by atoms with van der Waals surface area (Å²) >= 11 is 0. The van der Waals surface area contributed by atoms with Crippen molar-refractivity contribution in [3.63, 3.8) is 0 Å². The third-order valence-corrected chi connectivity index (χ3v) is 2.65. The van der Waals surface area contributed by atoms with E-state index in [1.165, 1.54) is 19.3 Å². The van der Waals surface area contributed by atoms with Crippen molar-refractivity contribution in [1.82, 2.24) is 0 Å². The van der Waals surface area contributed by atoms with Crippen LogP contribution in [0.25, 0.3) is 0 Å². The van der Waals surface area contributed by atoms with Gasteiger partial charge in [0.25, 0.3) is 0 Å². The summed E-state index contributed by atoms with van der Waals surface area (Å²) in [5.74, 6) is 1.54. The molecular formula is C8H15NO. The van der Waals surface area contributed by atoms with Gasteiger partial charge in [-0.1, -0.05) is 0 Å². The molecule has 2 fully saturated rings. The maximum Gasteiger partial charge on any atom is 0.0644 e. The van der Waals surface area contributed by atoms with Crippen molar-refractivity contribution in [2.75, 3.05) is 13.2 Å². The van der Waals surface area contributed by atoms with Crippen LogP contribution in [0, 0.1) is 11.8 Å². The molecule has 10 heavy (non-hydrogen) atoms. The van der Waals surface area contributed by atoms with Crippen molar-refractivity contribution in [2.24, 2.45) is 17.6 Å². The van der Waals surface area contributed by atoms with Gasteiger partial charge < -0.3 is 10.5 Å². The predicted molar refractivity (Wildman–Crippen MR) is 39.6 cm³/mol. The van der Waals surface area contributed by atoms with Crippen LogP contribution in [0.3, 0.4) is 0 Å². The second-order valence-corrected chi connectivity index (χ2v) is 3.46. The van der Waals surface area contributed by atoms with E-state index in [1.807, 2.05) is 0 Å². The fourth-order valence-electron chi connectivity index (χ4n) is 1.85. The molecule has 1 saturated carbocycles. The van der Waals surface area contributed by atoms with E-state index in [0.29, 0.717) is 12.0 Å². The third-order valence-electron chi connectivity index (χ3n) is 2.65. The van der Waals surface area contributed by atoms with E-state index in [4.69, 9.17) is 10.5 Å². The first-order valence-electron chi connectivity index (χ1n) is 4.23. The van der Waals surface area contributed by atoms with Crippen LogP contribution in [-0.2, 0) is 4.74 Å². The van der Waals surface area contributed by atoms with Crippen LogP contribution in [0.4, 0.5) is 0 Å². The molecule has 0 aromatic carbocycles. The van der Waals surface area contributed by atoms with Crippen molar-refractivity contribution in [2.45, 2.75) is 25.4 Å². The molecule has 2 unspecified atom stereocenters. The molecule has 0 spiro atoms. The molecule has 1 saturated heterocycles. The Morgan fingerprint density at radius 1 is 1.30 bits per heavy atom. The van der Waals surface area contributed by atoms with E-state index in [1.54, 1.807) is 0 Å². The van der Waals surface area contributed by atoms with Crippen molar-refractivity contribution in [1.29, 1.82) is 0 Å². The summed E-state index contributed by atoms with van der Waals surface area (Å²) in [4.78, 5) is 0. The van der Waals surface area contributed by atoms with Gasteiger partial charge in [-0.2, -0.15) is 0 Å². The maximum atomic E-state index is 5.61. The fourth-order valence-corrected chi connectivity index (χ4v) is 1.85. The Balaban J connectivity index is 1.91.